The predicted molar refractivity (Wildman–Crippen MR) is 142 cm³/mol. The number of likely N-dealkylation sites (N-methyl/N-ethyl adjacent to an activating group) is 1. The number of carbonyl (C=O) groups is 1. The van der Waals surface area contributed by atoms with Crippen LogP contribution >= 0.6 is 0 Å². The Labute approximate surface area is 210 Å². The third-order valence-corrected chi connectivity index (χ3v) is 5.21. The van der Waals surface area contributed by atoms with Gasteiger partial charge in [0.05, 0.1) is 24.0 Å². The Hall–Kier alpha value is -4.44. The Morgan fingerprint density at radius 1 is 1.14 bits per heavy atom. The monoisotopic (exact) mass is 490 g/mol. The molecule has 1 heterocycles. The molecule has 0 saturated heterocycles. The second-order valence-corrected chi connectivity index (χ2v) is 7.99. The molecule has 1 amide bonds. The fourth-order valence-corrected chi connectivity index (χ4v) is 3.33. The van der Waals surface area contributed by atoms with Crippen molar-refractivity contribution in [1.82, 2.24) is 14.9 Å². The normalized spacial score (nSPS) is 10.5. The smallest absolute Gasteiger partial charge is 0.247 e. The molecule has 5 N–H and O–H groups in total. The molecule has 3 rings (SSSR count). The molecule has 188 valence electrons. The van der Waals surface area contributed by atoms with Crippen LogP contribution in [0.1, 0.15) is 11.3 Å². The van der Waals surface area contributed by atoms with Crippen molar-refractivity contribution < 1.29 is 19.7 Å². The highest BCUT2D eigenvalue weighted by Crippen LogP contribution is 2.37. The maximum absolute atomic E-state index is 12.1. The van der Waals surface area contributed by atoms with Crippen molar-refractivity contribution in [3.8, 4) is 11.5 Å². The summed E-state index contributed by atoms with van der Waals surface area (Å²) in [6.07, 6.45) is 2.81. The van der Waals surface area contributed by atoms with Crippen molar-refractivity contribution in [3.63, 3.8) is 0 Å². The van der Waals surface area contributed by atoms with Crippen LogP contribution in [-0.2, 0) is 4.79 Å². The van der Waals surface area contributed by atoms with Gasteiger partial charge < -0.3 is 30.3 Å². The summed E-state index contributed by atoms with van der Waals surface area (Å²) in [5, 5.41) is 15.5. The number of ether oxygens (including phenoxy) is 2. The number of hydrogen-bond acceptors (Lipinski definition) is 8. The summed E-state index contributed by atoms with van der Waals surface area (Å²) in [4.78, 5) is 23.0. The van der Waals surface area contributed by atoms with E-state index >= 15 is 0 Å². The van der Waals surface area contributed by atoms with Crippen LogP contribution in [0.2, 0.25) is 0 Å². The lowest BCUT2D eigenvalue weighted by molar-refractivity contribution is -0.112. The van der Waals surface area contributed by atoms with E-state index in [1.54, 1.807) is 31.5 Å². The number of amides is 1. The minimum atomic E-state index is -0.368. The van der Waals surface area contributed by atoms with Crippen LogP contribution in [-0.4, -0.2) is 67.9 Å². The molecule has 0 bridgehead atoms. The van der Waals surface area contributed by atoms with Crippen LogP contribution in [0.15, 0.2) is 61.3 Å². The number of methoxy groups -OCH3 is 1. The first-order chi connectivity index (χ1) is 17.4. The van der Waals surface area contributed by atoms with Crippen LogP contribution in [0.3, 0.4) is 0 Å². The Bertz CT molecular complexity index is 1240. The van der Waals surface area contributed by atoms with E-state index in [1.165, 1.54) is 6.08 Å². The summed E-state index contributed by atoms with van der Waals surface area (Å²) in [5.41, 5.74) is 3.75. The van der Waals surface area contributed by atoms with Gasteiger partial charge in [-0.25, -0.2) is 9.97 Å². The number of para-hydroxylation sites is 1. The van der Waals surface area contributed by atoms with Crippen molar-refractivity contribution in [2.75, 3.05) is 57.4 Å². The molecule has 0 aliphatic rings. The maximum Gasteiger partial charge on any atom is 0.247 e. The lowest BCUT2D eigenvalue weighted by Gasteiger charge is -2.18. The zero-order valence-corrected chi connectivity index (χ0v) is 21.0. The minimum absolute atomic E-state index is 0.304. The molecule has 0 aliphatic heterocycles. The largest absolute Gasteiger partial charge is 0.494 e. The molecule has 0 unspecified atom stereocenters. The number of anilines is 4. The summed E-state index contributed by atoms with van der Waals surface area (Å²) >= 11 is 0. The number of benzene rings is 2. The van der Waals surface area contributed by atoms with Gasteiger partial charge in [0.2, 0.25) is 17.6 Å². The van der Waals surface area contributed by atoms with Gasteiger partial charge in [0.15, 0.2) is 0 Å². The van der Waals surface area contributed by atoms with E-state index in [9.17, 15) is 4.79 Å². The van der Waals surface area contributed by atoms with Crippen LogP contribution in [0.4, 0.5) is 23.0 Å². The van der Waals surface area contributed by atoms with Gasteiger partial charge in [0, 0.05) is 31.5 Å². The van der Waals surface area contributed by atoms with Gasteiger partial charge in [0.25, 0.3) is 0 Å². The van der Waals surface area contributed by atoms with Crippen molar-refractivity contribution in [2.45, 2.75) is 0 Å². The van der Waals surface area contributed by atoms with E-state index in [-0.39, 0.29) is 5.91 Å². The molecule has 2 aromatic carbocycles. The van der Waals surface area contributed by atoms with E-state index in [1.807, 2.05) is 50.3 Å². The Balaban J connectivity index is 1.93. The summed E-state index contributed by atoms with van der Waals surface area (Å²) in [7, 11) is 7.28. The van der Waals surface area contributed by atoms with E-state index in [0.717, 1.165) is 11.3 Å². The highest BCUT2D eigenvalue weighted by atomic mass is 16.5. The molecule has 3 aromatic rings. The second-order valence-electron chi connectivity index (χ2n) is 7.99. The first-order valence-electron chi connectivity index (χ1n) is 11.3. The first kappa shape index (κ1) is 26.2. The van der Waals surface area contributed by atoms with Crippen molar-refractivity contribution >= 4 is 34.6 Å². The number of rotatable bonds is 12. The fraction of sp³-hybridized carbons (Fsp3) is 0.231. The third kappa shape index (κ3) is 6.57. The highest BCUT2D eigenvalue weighted by molar-refractivity contribution is 6.11. The first-order valence-corrected chi connectivity index (χ1v) is 11.3. The van der Waals surface area contributed by atoms with E-state index in [4.69, 9.17) is 14.9 Å². The summed E-state index contributed by atoms with van der Waals surface area (Å²) < 4.78 is 11.5. The molecular weight excluding hydrogens is 458 g/mol. The average molecular weight is 491 g/mol. The molecular formula is C26H32N7O3+. The molecule has 0 saturated carbocycles. The van der Waals surface area contributed by atoms with E-state index in [0.29, 0.717) is 53.4 Å². The van der Waals surface area contributed by atoms with Crippen LogP contribution in [0.25, 0.3) is 0 Å². The Kier molecular flexibility index (Phi) is 8.95. The summed E-state index contributed by atoms with van der Waals surface area (Å²) in [5.74, 6) is 0.883. The predicted octanol–water partition coefficient (Wildman–Crippen LogP) is 1.93. The number of nitrogens with zero attached hydrogens (tertiary/aromatic N) is 3. The number of aromatic nitrogens is 2. The van der Waals surface area contributed by atoms with Crippen LogP contribution in [0.5, 0.6) is 11.5 Å². The van der Waals surface area contributed by atoms with Crippen molar-refractivity contribution in [3.05, 3.63) is 72.6 Å². The molecule has 0 radical (unpaired) electrons. The van der Waals surface area contributed by atoms with E-state index < -0.39 is 0 Å². The molecule has 0 aliphatic carbocycles. The van der Waals surface area contributed by atoms with Crippen LogP contribution < -0.4 is 30.8 Å². The number of carbonyl (C=O) groups excluding carboxylic acids is 1. The lowest BCUT2D eigenvalue weighted by Crippen LogP contribution is -2.42. The highest BCUT2D eigenvalue weighted by Gasteiger charge is 2.18. The number of nitrogens with two attached hydrogens (primary N) is 1. The van der Waals surface area contributed by atoms with Gasteiger partial charge in [-0.05, 0) is 44.4 Å². The molecule has 36 heavy (non-hydrogen) atoms. The topological polar surface area (TPSA) is 126 Å². The fourth-order valence-electron chi connectivity index (χ4n) is 3.33. The lowest BCUT2D eigenvalue weighted by atomic mass is 10.1. The van der Waals surface area contributed by atoms with Gasteiger partial charge in [-0.15, -0.1) is 0 Å². The van der Waals surface area contributed by atoms with Gasteiger partial charge in [-0.3, -0.25) is 10.2 Å². The van der Waals surface area contributed by atoms with E-state index in [2.05, 4.69) is 32.5 Å². The minimum Gasteiger partial charge on any atom is -0.494 e. The maximum atomic E-state index is 12.1. The summed E-state index contributed by atoms with van der Waals surface area (Å²) in [6, 6.07) is 12.8. The Morgan fingerprint density at radius 2 is 1.92 bits per heavy atom. The van der Waals surface area contributed by atoms with Gasteiger partial charge in [0.1, 0.15) is 23.8 Å². The van der Waals surface area contributed by atoms with Gasteiger partial charge >= 0.3 is 0 Å². The number of hydrogen-bond donors (Lipinski definition) is 4. The average Bonchev–Trinajstić information content (AvgIpc) is 2.89. The molecule has 0 spiro atoms. The standard InChI is InChI=1S/C26H31N7O3/c1-6-24(34)30-21-15-20(22(35-5)16-23(21)36-14-13-33(3)4)32-26-29-12-11-19(31-26)25(27)17-9-7-8-10-18(17)28-2/h6-12,15-16,27-28H,1,13-14H2,2-5H3,(H,30,34)(H,29,31,32)/p+1. The third-order valence-electron chi connectivity index (χ3n) is 5.21. The number of nitrogens with one attached hydrogen (secondary N) is 3. The quantitative estimate of drug-likeness (QED) is 0.224. The van der Waals surface area contributed by atoms with Gasteiger partial charge in [-0.1, -0.05) is 18.7 Å². The molecule has 1 aromatic heterocycles. The van der Waals surface area contributed by atoms with Crippen molar-refractivity contribution in [1.29, 1.82) is 0 Å². The zero-order valence-electron chi connectivity index (χ0n) is 21.0. The SMILES string of the molecule is C=CC(=O)Nc1cc(Nc2nccc(C(=[NH2+])c3ccccc3NC)n2)c(OC)cc1OCCN(C)C. The molecule has 10 nitrogen and oxygen atoms in total. The molecule has 0 atom stereocenters. The second kappa shape index (κ2) is 12.3. The summed E-state index contributed by atoms with van der Waals surface area (Å²) in [6.45, 7) is 4.65. The van der Waals surface area contributed by atoms with Crippen molar-refractivity contribution in [2.24, 2.45) is 0 Å². The molecule has 0 fully saturated rings. The molecule has 10 heteroatoms. The van der Waals surface area contributed by atoms with Crippen LogP contribution in [0, 0.1) is 0 Å². The van der Waals surface area contributed by atoms with Gasteiger partial charge in [-0.2, -0.15) is 0 Å². The Morgan fingerprint density at radius 3 is 2.61 bits per heavy atom. The zero-order chi connectivity index (χ0) is 26.1.